The number of rotatable bonds is 6. The van der Waals surface area contributed by atoms with Gasteiger partial charge in [0, 0.05) is 0 Å². The van der Waals surface area contributed by atoms with Crippen LogP contribution in [0.3, 0.4) is 0 Å². The summed E-state index contributed by atoms with van der Waals surface area (Å²) >= 11 is 0. The third-order valence-electron chi connectivity index (χ3n) is 3.57. The molecule has 0 aromatic heterocycles. The molecule has 1 aliphatic carbocycles. The molecule has 1 aliphatic rings. The maximum absolute atomic E-state index is 12.1. The lowest BCUT2D eigenvalue weighted by Gasteiger charge is -2.25. The van der Waals surface area contributed by atoms with Gasteiger partial charge in [-0.15, -0.1) is 0 Å². The number of esters is 2. The molecule has 4 nitrogen and oxygen atoms in total. The number of carbonyl (C=O) groups excluding carboxylic acids is 2. The Morgan fingerprint density at radius 2 is 1.35 bits per heavy atom. The predicted octanol–water partition coefficient (Wildman–Crippen LogP) is 3.48. The van der Waals surface area contributed by atoms with Crippen LogP contribution in [-0.2, 0) is 19.1 Å². The summed E-state index contributed by atoms with van der Waals surface area (Å²) in [7, 11) is 0. The van der Waals surface area contributed by atoms with E-state index < -0.39 is 17.9 Å². The van der Waals surface area contributed by atoms with Crippen molar-refractivity contribution < 1.29 is 19.1 Å². The summed E-state index contributed by atoms with van der Waals surface area (Å²) < 4.78 is 10.4. The van der Waals surface area contributed by atoms with Gasteiger partial charge < -0.3 is 9.47 Å². The zero-order chi connectivity index (χ0) is 15.1. The summed E-state index contributed by atoms with van der Waals surface area (Å²) in [5, 5.41) is 0. The van der Waals surface area contributed by atoms with Crippen molar-refractivity contribution in [2.75, 3.05) is 0 Å². The van der Waals surface area contributed by atoms with Gasteiger partial charge in [0.1, 0.15) is 0 Å². The largest absolute Gasteiger partial charge is 0.462 e. The van der Waals surface area contributed by atoms with Gasteiger partial charge in [-0.3, -0.25) is 9.59 Å². The zero-order valence-electron chi connectivity index (χ0n) is 13.2. The first-order valence-electron chi connectivity index (χ1n) is 7.81. The minimum atomic E-state index is -0.761. The van der Waals surface area contributed by atoms with Gasteiger partial charge in [-0.25, -0.2) is 0 Å². The third kappa shape index (κ3) is 5.93. The van der Waals surface area contributed by atoms with Gasteiger partial charge in [-0.1, -0.05) is 32.1 Å². The molecule has 20 heavy (non-hydrogen) atoms. The summed E-state index contributed by atoms with van der Waals surface area (Å²) in [5.41, 5.74) is 0. The summed E-state index contributed by atoms with van der Waals surface area (Å²) in [6.07, 6.45) is 5.99. The van der Waals surface area contributed by atoms with Crippen LogP contribution in [-0.4, -0.2) is 24.1 Å². The van der Waals surface area contributed by atoms with E-state index in [1.54, 1.807) is 27.7 Å². The molecule has 0 aromatic carbocycles. The molecule has 1 fully saturated rings. The summed E-state index contributed by atoms with van der Waals surface area (Å²) in [6.45, 7) is 7.18. The minimum absolute atomic E-state index is 0.205. The molecule has 0 atom stereocenters. The van der Waals surface area contributed by atoms with E-state index in [0.717, 1.165) is 12.8 Å². The molecule has 116 valence electrons. The highest BCUT2D eigenvalue weighted by Crippen LogP contribution is 2.30. The highest BCUT2D eigenvalue weighted by Gasteiger charge is 2.33. The van der Waals surface area contributed by atoms with E-state index in [2.05, 4.69) is 0 Å². The highest BCUT2D eigenvalue weighted by molar-refractivity contribution is 5.95. The maximum atomic E-state index is 12.1. The molecule has 0 bridgehead atoms. The Labute approximate surface area is 122 Å². The fourth-order valence-corrected chi connectivity index (χ4v) is 2.67. The molecule has 0 amide bonds. The standard InChI is InChI=1S/C16H28O4/c1-11(2)19-15(17)14(16(18)20-12(3)4)10-13-8-6-5-7-9-13/h11-14H,5-10H2,1-4H3. The topological polar surface area (TPSA) is 52.6 Å². The Hall–Kier alpha value is -1.06. The van der Waals surface area contributed by atoms with Crippen LogP contribution in [0.15, 0.2) is 0 Å². The first-order chi connectivity index (χ1) is 9.40. The van der Waals surface area contributed by atoms with E-state index in [-0.39, 0.29) is 12.2 Å². The van der Waals surface area contributed by atoms with Gasteiger partial charge in [0.15, 0.2) is 5.92 Å². The van der Waals surface area contributed by atoms with E-state index in [0.29, 0.717) is 12.3 Å². The van der Waals surface area contributed by atoms with Crippen LogP contribution in [0.25, 0.3) is 0 Å². The van der Waals surface area contributed by atoms with Gasteiger partial charge in [0.25, 0.3) is 0 Å². The second kappa shape index (κ2) is 8.28. The molecule has 0 radical (unpaired) electrons. The highest BCUT2D eigenvalue weighted by atomic mass is 16.6. The normalized spacial score (nSPS) is 16.8. The van der Waals surface area contributed by atoms with Crippen molar-refractivity contribution in [2.24, 2.45) is 11.8 Å². The van der Waals surface area contributed by atoms with E-state index in [4.69, 9.17) is 9.47 Å². The zero-order valence-corrected chi connectivity index (χ0v) is 13.2. The number of hydrogen-bond donors (Lipinski definition) is 0. The molecule has 0 aliphatic heterocycles. The molecule has 0 heterocycles. The van der Waals surface area contributed by atoms with Crippen LogP contribution in [0.2, 0.25) is 0 Å². The SMILES string of the molecule is CC(C)OC(=O)C(CC1CCCCC1)C(=O)OC(C)C. The van der Waals surface area contributed by atoms with E-state index in [1.807, 2.05) is 0 Å². The van der Waals surface area contributed by atoms with Crippen molar-refractivity contribution in [1.29, 1.82) is 0 Å². The van der Waals surface area contributed by atoms with Crippen LogP contribution in [0, 0.1) is 11.8 Å². The average Bonchev–Trinajstić information content (AvgIpc) is 2.35. The lowest BCUT2D eigenvalue weighted by Crippen LogP contribution is -2.33. The Morgan fingerprint density at radius 1 is 0.900 bits per heavy atom. The molecule has 0 aromatic rings. The average molecular weight is 284 g/mol. The number of hydrogen-bond acceptors (Lipinski definition) is 4. The molecule has 1 saturated carbocycles. The molecule has 0 unspecified atom stereocenters. The summed E-state index contributed by atoms with van der Waals surface area (Å²) in [4.78, 5) is 24.3. The fraction of sp³-hybridized carbons (Fsp3) is 0.875. The van der Waals surface area contributed by atoms with Gasteiger partial charge in [-0.05, 0) is 40.0 Å². The van der Waals surface area contributed by atoms with Gasteiger partial charge in [-0.2, -0.15) is 0 Å². The first-order valence-corrected chi connectivity index (χ1v) is 7.81. The molecule has 1 rings (SSSR count). The third-order valence-corrected chi connectivity index (χ3v) is 3.57. The maximum Gasteiger partial charge on any atom is 0.320 e. The summed E-state index contributed by atoms with van der Waals surface area (Å²) in [5.74, 6) is -1.19. The lowest BCUT2D eigenvalue weighted by molar-refractivity contribution is -0.167. The Balaban J connectivity index is 2.66. The minimum Gasteiger partial charge on any atom is -0.462 e. The van der Waals surface area contributed by atoms with Crippen LogP contribution >= 0.6 is 0 Å². The molecule has 0 spiro atoms. The van der Waals surface area contributed by atoms with Crippen molar-refractivity contribution in [1.82, 2.24) is 0 Å². The van der Waals surface area contributed by atoms with Crippen LogP contribution in [0.5, 0.6) is 0 Å². The Bertz CT molecular complexity index is 294. The van der Waals surface area contributed by atoms with Gasteiger partial charge in [0.05, 0.1) is 12.2 Å². The van der Waals surface area contributed by atoms with Crippen molar-refractivity contribution in [2.45, 2.75) is 78.4 Å². The monoisotopic (exact) mass is 284 g/mol. The second-order valence-corrected chi connectivity index (χ2v) is 6.26. The fourth-order valence-electron chi connectivity index (χ4n) is 2.67. The Kier molecular flexibility index (Phi) is 7.03. The smallest absolute Gasteiger partial charge is 0.320 e. The van der Waals surface area contributed by atoms with Crippen LogP contribution in [0.1, 0.15) is 66.2 Å². The van der Waals surface area contributed by atoms with Crippen LogP contribution in [0.4, 0.5) is 0 Å². The summed E-state index contributed by atoms with van der Waals surface area (Å²) in [6, 6.07) is 0. The molecular weight excluding hydrogens is 256 g/mol. The van der Waals surface area contributed by atoms with Gasteiger partial charge >= 0.3 is 11.9 Å². The van der Waals surface area contributed by atoms with E-state index in [1.165, 1.54) is 19.3 Å². The van der Waals surface area contributed by atoms with Crippen molar-refractivity contribution in [3.05, 3.63) is 0 Å². The van der Waals surface area contributed by atoms with Crippen molar-refractivity contribution >= 4 is 11.9 Å². The van der Waals surface area contributed by atoms with Crippen molar-refractivity contribution in [3.63, 3.8) is 0 Å². The molecule has 4 heteroatoms. The molecule has 0 saturated heterocycles. The second-order valence-electron chi connectivity index (χ2n) is 6.26. The van der Waals surface area contributed by atoms with E-state index in [9.17, 15) is 9.59 Å². The predicted molar refractivity (Wildman–Crippen MR) is 77.1 cm³/mol. The lowest BCUT2D eigenvalue weighted by atomic mass is 9.82. The van der Waals surface area contributed by atoms with Crippen molar-refractivity contribution in [3.8, 4) is 0 Å². The number of carbonyl (C=O) groups is 2. The molecular formula is C16H28O4. The molecule has 0 N–H and O–H groups in total. The van der Waals surface area contributed by atoms with Gasteiger partial charge in [0.2, 0.25) is 0 Å². The Morgan fingerprint density at radius 3 is 1.75 bits per heavy atom. The first kappa shape index (κ1) is 17.0. The number of ether oxygens (including phenoxy) is 2. The quantitative estimate of drug-likeness (QED) is 0.553. The van der Waals surface area contributed by atoms with E-state index >= 15 is 0 Å². The van der Waals surface area contributed by atoms with Crippen LogP contribution < -0.4 is 0 Å².